The van der Waals surface area contributed by atoms with Crippen molar-refractivity contribution in [1.29, 1.82) is 0 Å². The van der Waals surface area contributed by atoms with Gasteiger partial charge in [0.2, 0.25) is 0 Å². The second-order valence-corrected chi connectivity index (χ2v) is 5.76. The van der Waals surface area contributed by atoms with Crippen molar-refractivity contribution in [2.24, 2.45) is 5.41 Å². The van der Waals surface area contributed by atoms with E-state index >= 15 is 0 Å². The van der Waals surface area contributed by atoms with Gasteiger partial charge in [-0.2, -0.15) is 0 Å². The number of unbranched alkanes of at least 4 members (excludes halogenated alkanes) is 3. The first-order chi connectivity index (χ1) is 7.52. The van der Waals surface area contributed by atoms with E-state index in [1.54, 1.807) is 0 Å². The summed E-state index contributed by atoms with van der Waals surface area (Å²) in [4.78, 5) is 11.7. The van der Waals surface area contributed by atoms with Gasteiger partial charge in [0.05, 0.1) is 0 Å². The molecule has 0 aliphatic rings. The molecule has 0 fully saturated rings. The van der Waals surface area contributed by atoms with Crippen molar-refractivity contribution in [3.63, 3.8) is 0 Å². The summed E-state index contributed by atoms with van der Waals surface area (Å²) in [5.41, 5.74) is 0.355. The molecule has 16 heavy (non-hydrogen) atoms. The van der Waals surface area contributed by atoms with Crippen LogP contribution in [0.5, 0.6) is 0 Å². The largest absolute Gasteiger partial charge is 0.300 e. The van der Waals surface area contributed by atoms with Crippen molar-refractivity contribution >= 4 is 5.78 Å². The molecule has 0 saturated carbocycles. The monoisotopic (exact) mass is 226 g/mol. The Kier molecular flexibility index (Phi) is 8.60. The van der Waals surface area contributed by atoms with E-state index in [0.717, 1.165) is 25.7 Å². The number of hydrogen-bond donors (Lipinski definition) is 0. The molecule has 0 aromatic carbocycles. The predicted molar refractivity (Wildman–Crippen MR) is 71.7 cm³/mol. The van der Waals surface area contributed by atoms with E-state index in [0.29, 0.717) is 11.2 Å². The van der Waals surface area contributed by atoms with E-state index in [1.807, 2.05) is 0 Å². The Morgan fingerprint density at radius 3 is 2.12 bits per heavy atom. The van der Waals surface area contributed by atoms with E-state index < -0.39 is 0 Å². The van der Waals surface area contributed by atoms with Crippen molar-refractivity contribution in [2.75, 3.05) is 0 Å². The van der Waals surface area contributed by atoms with Crippen LogP contribution in [0.25, 0.3) is 0 Å². The van der Waals surface area contributed by atoms with Gasteiger partial charge in [-0.25, -0.2) is 0 Å². The first-order valence-corrected chi connectivity index (χ1v) is 7.03. The van der Waals surface area contributed by atoms with Crippen molar-refractivity contribution in [3.05, 3.63) is 0 Å². The second kappa shape index (κ2) is 8.78. The van der Waals surface area contributed by atoms with Gasteiger partial charge >= 0.3 is 0 Å². The first-order valence-electron chi connectivity index (χ1n) is 7.03. The van der Waals surface area contributed by atoms with Crippen LogP contribution in [0.2, 0.25) is 0 Å². The van der Waals surface area contributed by atoms with Gasteiger partial charge in [-0.3, -0.25) is 4.79 Å². The summed E-state index contributed by atoms with van der Waals surface area (Å²) < 4.78 is 0. The van der Waals surface area contributed by atoms with Gasteiger partial charge in [-0.15, -0.1) is 0 Å². The highest BCUT2D eigenvalue weighted by Gasteiger charge is 2.17. The SMILES string of the molecule is CCCCCCC(=O)CCC(C)(C)CCC. The maximum absolute atomic E-state index is 11.7. The van der Waals surface area contributed by atoms with E-state index in [-0.39, 0.29) is 0 Å². The Labute approximate surface area is 102 Å². The van der Waals surface area contributed by atoms with Gasteiger partial charge in [-0.05, 0) is 24.7 Å². The van der Waals surface area contributed by atoms with Crippen molar-refractivity contribution < 1.29 is 4.79 Å². The van der Waals surface area contributed by atoms with Crippen LogP contribution in [0.3, 0.4) is 0 Å². The number of Topliss-reactive ketones (excluding diaryl/α,β-unsaturated/α-hetero) is 1. The maximum Gasteiger partial charge on any atom is 0.132 e. The Balaban J connectivity index is 3.56. The summed E-state index contributed by atoms with van der Waals surface area (Å²) in [5.74, 6) is 0.472. The molecule has 0 radical (unpaired) electrons. The average molecular weight is 226 g/mol. The Hall–Kier alpha value is -0.330. The molecule has 0 atom stereocenters. The lowest BCUT2D eigenvalue weighted by molar-refractivity contribution is -0.119. The van der Waals surface area contributed by atoms with Crippen LogP contribution in [0, 0.1) is 5.41 Å². The third-order valence-electron chi connectivity index (χ3n) is 3.32. The maximum atomic E-state index is 11.7. The minimum Gasteiger partial charge on any atom is -0.300 e. The third-order valence-corrected chi connectivity index (χ3v) is 3.32. The molecule has 0 spiro atoms. The van der Waals surface area contributed by atoms with E-state index in [4.69, 9.17) is 0 Å². The van der Waals surface area contributed by atoms with Crippen molar-refractivity contribution in [1.82, 2.24) is 0 Å². The van der Waals surface area contributed by atoms with Crippen LogP contribution >= 0.6 is 0 Å². The van der Waals surface area contributed by atoms with E-state index in [1.165, 1.54) is 32.1 Å². The third kappa shape index (κ3) is 8.94. The average Bonchev–Trinajstić information content (AvgIpc) is 2.22. The molecule has 0 N–H and O–H groups in total. The molecule has 0 heterocycles. The fourth-order valence-electron chi connectivity index (χ4n) is 2.15. The highest BCUT2D eigenvalue weighted by Crippen LogP contribution is 2.28. The number of hydrogen-bond acceptors (Lipinski definition) is 1. The van der Waals surface area contributed by atoms with Gasteiger partial charge in [0.15, 0.2) is 0 Å². The van der Waals surface area contributed by atoms with E-state index in [9.17, 15) is 4.79 Å². The minimum absolute atomic E-state index is 0.355. The zero-order valence-electron chi connectivity index (χ0n) is 11.8. The number of rotatable bonds is 10. The molecule has 0 bridgehead atoms. The smallest absolute Gasteiger partial charge is 0.132 e. The number of carbonyl (C=O) groups excluding carboxylic acids is 1. The van der Waals surface area contributed by atoms with Crippen molar-refractivity contribution in [2.45, 2.75) is 85.5 Å². The molecule has 0 amide bonds. The predicted octanol–water partition coefficient (Wildman–Crippen LogP) is 5.13. The molecule has 0 aliphatic carbocycles. The highest BCUT2D eigenvalue weighted by atomic mass is 16.1. The molecule has 0 rings (SSSR count). The minimum atomic E-state index is 0.355. The lowest BCUT2D eigenvalue weighted by Gasteiger charge is -2.23. The Bertz CT molecular complexity index is 182. The fourth-order valence-corrected chi connectivity index (χ4v) is 2.15. The fraction of sp³-hybridized carbons (Fsp3) is 0.933. The molecular formula is C15H30O. The van der Waals surface area contributed by atoms with Gasteiger partial charge in [0.25, 0.3) is 0 Å². The van der Waals surface area contributed by atoms with Gasteiger partial charge < -0.3 is 0 Å². The van der Waals surface area contributed by atoms with E-state index in [2.05, 4.69) is 27.7 Å². The zero-order chi connectivity index (χ0) is 12.4. The van der Waals surface area contributed by atoms with Gasteiger partial charge in [0, 0.05) is 12.8 Å². The van der Waals surface area contributed by atoms with Gasteiger partial charge in [0.1, 0.15) is 5.78 Å². The Morgan fingerprint density at radius 2 is 1.56 bits per heavy atom. The summed E-state index contributed by atoms with van der Waals surface area (Å²) in [6.45, 7) is 8.98. The van der Waals surface area contributed by atoms with Crippen LogP contribution in [-0.4, -0.2) is 5.78 Å². The summed E-state index contributed by atoms with van der Waals surface area (Å²) in [7, 11) is 0. The van der Waals surface area contributed by atoms with Crippen molar-refractivity contribution in [3.8, 4) is 0 Å². The topological polar surface area (TPSA) is 17.1 Å². The summed E-state index contributed by atoms with van der Waals surface area (Å²) >= 11 is 0. The molecule has 1 nitrogen and oxygen atoms in total. The van der Waals surface area contributed by atoms with Crippen LogP contribution in [-0.2, 0) is 4.79 Å². The van der Waals surface area contributed by atoms with Gasteiger partial charge in [-0.1, -0.05) is 53.4 Å². The first kappa shape index (κ1) is 15.7. The summed E-state index contributed by atoms with van der Waals surface area (Å²) in [5, 5.41) is 0. The van der Waals surface area contributed by atoms with Crippen LogP contribution in [0.15, 0.2) is 0 Å². The van der Waals surface area contributed by atoms with Crippen LogP contribution in [0.1, 0.15) is 85.5 Å². The molecule has 0 aliphatic heterocycles. The second-order valence-electron chi connectivity index (χ2n) is 5.76. The number of ketones is 1. The lowest BCUT2D eigenvalue weighted by Crippen LogP contribution is -2.13. The molecule has 0 saturated heterocycles. The molecule has 0 aromatic rings. The standard InChI is InChI=1S/C15H30O/c1-5-7-8-9-10-14(16)11-13-15(3,4)12-6-2/h5-13H2,1-4H3. The Morgan fingerprint density at radius 1 is 0.875 bits per heavy atom. The van der Waals surface area contributed by atoms with Crippen LogP contribution < -0.4 is 0 Å². The normalized spacial score (nSPS) is 11.8. The molecule has 96 valence electrons. The molecule has 0 unspecified atom stereocenters. The summed E-state index contributed by atoms with van der Waals surface area (Å²) in [6, 6.07) is 0. The zero-order valence-corrected chi connectivity index (χ0v) is 11.8. The summed E-state index contributed by atoms with van der Waals surface area (Å²) in [6.07, 6.45) is 9.95. The van der Waals surface area contributed by atoms with Crippen LogP contribution in [0.4, 0.5) is 0 Å². The highest BCUT2D eigenvalue weighted by molar-refractivity contribution is 5.78. The molecule has 1 heteroatoms. The molecular weight excluding hydrogens is 196 g/mol. The number of carbonyl (C=O) groups is 1. The molecule has 0 aromatic heterocycles. The quantitative estimate of drug-likeness (QED) is 0.472. The lowest BCUT2D eigenvalue weighted by atomic mass is 9.82.